The lowest BCUT2D eigenvalue weighted by molar-refractivity contribution is -0.144. The predicted octanol–water partition coefficient (Wildman–Crippen LogP) is 2.87. The number of pyridine rings is 1. The number of nitrogens with two attached hydrogens (primary N) is 1. The van der Waals surface area contributed by atoms with E-state index in [9.17, 15) is 18.8 Å². The van der Waals surface area contributed by atoms with Crippen LogP contribution >= 0.6 is 0 Å². The topological polar surface area (TPSA) is 105 Å². The van der Waals surface area contributed by atoms with Crippen molar-refractivity contribution in [3.8, 4) is 0 Å². The molecule has 0 aliphatic heterocycles. The Morgan fingerprint density at radius 3 is 2.30 bits per heavy atom. The number of primary amides is 1. The monoisotopic (exact) mass is 414 g/mol. The van der Waals surface area contributed by atoms with Gasteiger partial charge in [-0.05, 0) is 35.2 Å². The van der Waals surface area contributed by atoms with E-state index in [-0.39, 0.29) is 25.3 Å². The largest absolute Gasteiger partial charge is 0.368 e. The second kappa shape index (κ2) is 9.96. The molecule has 0 saturated heterocycles. The van der Waals surface area contributed by atoms with Crippen LogP contribution in [0.1, 0.15) is 39.2 Å². The average molecular weight is 414 g/mol. The number of hydrogen-bond acceptors (Lipinski definition) is 4. The first-order valence-corrected chi connectivity index (χ1v) is 9.62. The van der Waals surface area contributed by atoms with E-state index in [2.05, 4.69) is 10.3 Å². The smallest absolute Gasteiger partial charge is 0.240 e. The summed E-state index contributed by atoms with van der Waals surface area (Å²) in [7, 11) is 0. The van der Waals surface area contributed by atoms with E-state index < -0.39 is 29.1 Å². The number of halogens is 1. The Labute approximate surface area is 175 Å². The lowest BCUT2D eigenvalue weighted by atomic mass is 9.84. The molecular formula is C22H27FN4O3. The molecule has 1 aromatic heterocycles. The lowest BCUT2D eigenvalue weighted by Crippen LogP contribution is -2.54. The van der Waals surface area contributed by atoms with Crippen molar-refractivity contribution >= 4 is 23.5 Å². The minimum absolute atomic E-state index is 0.0752. The number of amides is 3. The molecular weight excluding hydrogens is 387 g/mol. The molecule has 2 rings (SSSR count). The molecule has 30 heavy (non-hydrogen) atoms. The third kappa shape index (κ3) is 6.65. The number of aromatic nitrogens is 1. The Bertz CT molecular complexity index is 880. The molecule has 160 valence electrons. The molecule has 0 spiro atoms. The van der Waals surface area contributed by atoms with Gasteiger partial charge in [-0.25, -0.2) is 9.37 Å². The third-order valence-corrected chi connectivity index (χ3v) is 4.49. The van der Waals surface area contributed by atoms with Gasteiger partial charge in [-0.2, -0.15) is 0 Å². The molecule has 0 fully saturated rings. The molecule has 3 amide bonds. The summed E-state index contributed by atoms with van der Waals surface area (Å²) < 4.78 is 13.2. The number of rotatable bonds is 8. The van der Waals surface area contributed by atoms with Crippen molar-refractivity contribution in [1.82, 2.24) is 9.88 Å². The third-order valence-electron chi connectivity index (χ3n) is 4.49. The van der Waals surface area contributed by atoms with Gasteiger partial charge in [-0.3, -0.25) is 14.4 Å². The summed E-state index contributed by atoms with van der Waals surface area (Å²) in [5.41, 5.74) is 5.64. The van der Waals surface area contributed by atoms with E-state index in [1.54, 1.807) is 57.3 Å². The van der Waals surface area contributed by atoms with Crippen LogP contribution in [0.15, 0.2) is 48.7 Å². The summed E-state index contributed by atoms with van der Waals surface area (Å²) in [4.78, 5) is 42.8. The lowest BCUT2D eigenvalue weighted by Gasteiger charge is -2.38. The van der Waals surface area contributed by atoms with Crippen LogP contribution in [0.2, 0.25) is 0 Å². The fourth-order valence-corrected chi connectivity index (χ4v) is 3.16. The van der Waals surface area contributed by atoms with Gasteiger partial charge in [0.2, 0.25) is 17.7 Å². The molecule has 0 radical (unpaired) electrons. The van der Waals surface area contributed by atoms with Crippen molar-refractivity contribution in [3.05, 3.63) is 60.0 Å². The van der Waals surface area contributed by atoms with Gasteiger partial charge in [0.05, 0.1) is 0 Å². The number of benzene rings is 1. The van der Waals surface area contributed by atoms with Crippen LogP contribution in [-0.4, -0.2) is 33.6 Å². The Balaban J connectivity index is 2.15. The van der Waals surface area contributed by atoms with Gasteiger partial charge in [-0.1, -0.05) is 39.0 Å². The van der Waals surface area contributed by atoms with Gasteiger partial charge < -0.3 is 16.0 Å². The zero-order chi connectivity index (χ0) is 22.3. The highest BCUT2D eigenvalue weighted by Crippen LogP contribution is 2.27. The van der Waals surface area contributed by atoms with E-state index in [1.807, 2.05) is 0 Å². The predicted molar refractivity (Wildman–Crippen MR) is 111 cm³/mol. The van der Waals surface area contributed by atoms with Gasteiger partial charge in [0.15, 0.2) is 0 Å². The van der Waals surface area contributed by atoms with Crippen LogP contribution < -0.4 is 11.1 Å². The molecule has 2 aromatic rings. The number of nitrogens with one attached hydrogen (secondary N) is 1. The average Bonchev–Trinajstić information content (AvgIpc) is 2.66. The molecule has 1 atom stereocenters. The molecule has 1 aromatic carbocycles. The van der Waals surface area contributed by atoms with Crippen LogP contribution in [0.3, 0.4) is 0 Å². The molecule has 3 N–H and O–H groups in total. The fraction of sp³-hybridized carbons (Fsp3) is 0.364. The van der Waals surface area contributed by atoms with E-state index in [0.29, 0.717) is 11.4 Å². The number of carbonyl (C=O) groups is 3. The van der Waals surface area contributed by atoms with E-state index >= 15 is 0 Å². The zero-order valence-electron chi connectivity index (χ0n) is 17.4. The van der Waals surface area contributed by atoms with Crippen LogP contribution in [-0.2, 0) is 20.9 Å². The zero-order valence-corrected chi connectivity index (χ0v) is 17.4. The molecule has 1 heterocycles. The maximum atomic E-state index is 13.2. The Morgan fingerprint density at radius 1 is 1.10 bits per heavy atom. The van der Waals surface area contributed by atoms with Crippen LogP contribution in [0.25, 0.3) is 0 Å². The number of carbonyl (C=O) groups excluding carboxylic acids is 3. The van der Waals surface area contributed by atoms with E-state index in [0.717, 1.165) is 0 Å². The summed E-state index contributed by atoms with van der Waals surface area (Å²) >= 11 is 0. The summed E-state index contributed by atoms with van der Waals surface area (Å²) in [6.07, 6.45) is 1.36. The number of nitrogens with zero attached hydrogens (tertiary/aromatic N) is 2. The van der Waals surface area contributed by atoms with E-state index in [4.69, 9.17) is 5.73 Å². The molecule has 7 nitrogen and oxygen atoms in total. The van der Waals surface area contributed by atoms with Crippen molar-refractivity contribution < 1.29 is 18.8 Å². The molecule has 1 unspecified atom stereocenters. The highest BCUT2D eigenvalue weighted by atomic mass is 19.1. The second-order valence-corrected chi connectivity index (χ2v) is 8.08. The highest BCUT2D eigenvalue weighted by Gasteiger charge is 2.37. The van der Waals surface area contributed by atoms with Crippen molar-refractivity contribution in [2.45, 2.75) is 46.2 Å². The minimum Gasteiger partial charge on any atom is -0.368 e. The first-order chi connectivity index (χ1) is 14.1. The first-order valence-electron chi connectivity index (χ1n) is 9.62. The second-order valence-electron chi connectivity index (χ2n) is 8.08. The van der Waals surface area contributed by atoms with Gasteiger partial charge in [0, 0.05) is 25.6 Å². The van der Waals surface area contributed by atoms with Gasteiger partial charge >= 0.3 is 0 Å². The van der Waals surface area contributed by atoms with Gasteiger partial charge in [0.1, 0.15) is 17.7 Å². The van der Waals surface area contributed by atoms with E-state index in [1.165, 1.54) is 17.0 Å². The molecule has 0 aliphatic carbocycles. The van der Waals surface area contributed by atoms with Crippen molar-refractivity contribution in [2.24, 2.45) is 11.1 Å². The maximum absolute atomic E-state index is 13.2. The normalized spacial score (nSPS) is 12.1. The highest BCUT2D eigenvalue weighted by molar-refractivity contribution is 5.93. The SMILES string of the molecule is CC(C)(C)C(C(N)=O)N(Cc1ccc(F)cc1)C(=O)CCC(=O)Nc1ccccn1. The summed E-state index contributed by atoms with van der Waals surface area (Å²) in [6, 6.07) is 9.87. The van der Waals surface area contributed by atoms with Crippen molar-refractivity contribution in [3.63, 3.8) is 0 Å². The first kappa shape index (κ1) is 23.0. The molecule has 0 aliphatic rings. The van der Waals surface area contributed by atoms with Crippen molar-refractivity contribution in [2.75, 3.05) is 5.32 Å². The van der Waals surface area contributed by atoms with Crippen molar-refractivity contribution in [1.29, 1.82) is 0 Å². The fourth-order valence-electron chi connectivity index (χ4n) is 3.16. The van der Waals surface area contributed by atoms with Crippen LogP contribution in [0.5, 0.6) is 0 Å². The van der Waals surface area contributed by atoms with Crippen LogP contribution in [0, 0.1) is 11.2 Å². The Morgan fingerprint density at radius 2 is 1.77 bits per heavy atom. The Kier molecular flexibility index (Phi) is 7.63. The summed E-state index contributed by atoms with van der Waals surface area (Å²) in [5.74, 6) is -1.41. The number of anilines is 1. The van der Waals surface area contributed by atoms with Gasteiger partial charge in [-0.15, -0.1) is 0 Å². The quantitative estimate of drug-likeness (QED) is 0.693. The maximum Gasteiger partial charge on any atom is 0.240 e. The summed E-state index contributed by atoms with van der Waals surface area (Å²) in [5, 5.41) is 2.62. The molecule has 8 heteroatoms. The molecule has 0 bridgehead atoms. The van der Waals surface area contributed by atoms with Gasteiger partial charge in [0.25, 0.3) is 0 Å². The van der Waals surface area contributed by atoms with Crippen LogP contribution in [0.4, 0.5) is 10.2 Å². The molecule has 0 saturated carbocycles. The minimum atomic E-state index is -0.895. The standard InChI is InChI=1S/C22H27FN4O3/c1-22(2,3)20(21(24)30)27(14-15-7-9-16(23)10-8-15)19(29)12-11-18(28)26-17-6-4-5-13-25-17/h4-10,13,20H,11-12,14H2,1-3H3,(H2,24,30)(H,25,26,28). The number of hydrogen-bond donors (Lipinski definition) is 2. The Hall–Kier alpha value is -3.29. The summed E-state index contributed by atoms with van der Waals surface area (Å²) in [6.45, 7) is 5.50.